The third-order valence-electron chi connectivity index (χ3n) is 3.71. The Balaban J connectivity index is 2.03. The summed E-state index contributed by atoms with van der Waals surface area (Å²) in [6.07, 6.45) is 0.434. The Bertz CT molecular complexity index is 675. The molecular weight excluding hydrogens is 319 g/mol. The van der Waals surface area contributed by atoms with Gasteiger partial charge < -0.3 is 4.90 Å². The molecule has 0 radical (unpaired) electrons. The van der Waals surface area contributed by atoms with Gasteiger partial charge in [-0.05, 0) is 23.6 Å². The Morgan fingerprint density at radius 1 is 1.17 bits per heavy atom. The van der Waals surface area contributed by atoms with Crippen molar-refractivity contribution in [2.75, 3.05) is 26.2 Å². The number of piperazine rings is 1. The Morgan fingerprint density at radius 2 is 1.78 bits per heavy atom. The molecule has 1 aromatic rings. The minimum atomic E-state index is -3.71. The fraction of sp³-hybridized carbons (Fsp3) is 0.562. The Labute approximate surface area is 137 Å². The lowest BCUT2D eigenvalue weighted by Gasteiger charge is -2.35. The molecule has 0 atom stereocenters. The number of hydrogen-bond donors (Lipinski definition) is 0. The van der Waals surface area contributed by atoms with Crippen LogP contribution in [0.15, 0.2) is 29.2 Å². The molecule has 1 aliphatic rings. The number of amides is 1. The standard InChI is InChI=1S/C16H23FN2O3S/c1-16(2,3)12-15(20)18-7-9-19(10-8-18)23(21,22)14-6-4-5-13(17)11-14/h4-6,11H,7-10,12H2,1-3H3. The fourth-order valence-electron chi connectivity index (χ4n) is 2.52. The van der Waals surface area contributed by atoms with Crippen LogP contribution >= 0.6 is 0 Å². The molecule has 5 nitrogen and oxygen atoms in total. The van der Waals surface area contributed by atoms with Crippen LogP contribution in [0.5, 0.6) is 0 Å². The van der Waals surface area contributed by atoms with Gasteiger partial charge in [-0.15, -0.1) is 0 Å². The Kier molecular flexibility index (Phi) is 5.10. The van der Waals surface area contributed by atoms with Gasteiger partial charge in [-0.25, -0.2) is 12.8 Å². The molecule has 23 heavy (non-hydrogen) atoms. The lowest BCUT2D eigenvalue weighted by molar-refractivity contribution is -0.134. The minimum Gasteiger partial charge on any atom is -0.340 e. The van der Waals surface area contributed by atoms with Crippen LogP contribution < -0.4 is 0 Å². The molecule has 1 heterocycles. The Hall–Kier alpha value is -1.47. The number of carbonyl (C=O) groups is 1. The molecule has 0 aliphatic carbocycles. The maximum absolute atomic E-state index is 13.3. The average molecular weight is 342 g/mol. The summed E-state index contributed by atoms with van der Waals surface area (Å²) in [5.41, 5.74) is -0.0954. The second kappa shape index (κ2) is 6.57. The molecule has 0 spiro atoms. The summed E-state index contributed by atoms with van der Waals surface area (Å²) >= 11 is 0. The Morgan fingerprint density at radius 3 is 2.30 bits per heavy atom. The van der Waals surface area contributed by atoms with Gasteiger partial charge in [0.1, 0.15) is 5.82 Å². The van der Waals surface area contributed by atoms with Gasteiger partial charge in [-0.1, -0.05) is 26.8 Å². The normalized spacial score (nSPS) is 17.3. The molecule has 7 heteroatoms. The first-order chi connectivity index (χ1) is 10.6. The van der Waals surface area contributed by atoms with Crippen molar-refractivity contribution in [1.82, 2.24) is 9.21 Å². The molecule has 1 aliphatic heterocycles. The number of carbonyl (C=O) groups excluding carboxylic acids is 1. The van der Waals surface area contributed by atoms with Crippen molar-refractivity contribution in [2.24, 2.45) is 5.41 Å². The SMILES string of the molecule is CC(C)(C)CC(=O)N1CCN(S(=O)(=O)c2cccc(F)c2)CC1. The van der Waals surface area contributed by atoms with Crippen LogP contribution in [-0.2, 0) is 14.8 Å². The topological polar surface area (TPSA) is 57.7 Å². The van der Waals surface area contributed by atoms with Gasteiger partial charge in [0.25, 0.3) is 0 Å². The molecule has 128 valence electrons. The van der Waals surface area contributed by atoms with Crippen molar-refractivity contribution < 1.29 is 17.6 Å². The summed E-state index contributed by atoms with van der Waals surface area (Å²) < 4.78 is 39.6. The number of hydrogen-bond acceptors (Lipinski definition) is 3. The predicted octanol–water partition coefficient (Wildman–Crippen LogP) is 2.09. The van der Waals surface area contributed by atoms with Crippen molar-refractivity contribution in [2.45, 2.75) is 32.1 Å². The third-order valence-corrected chi connectivity index (χ3v) is 5.60. The highest BCUT2D eigenvalue weighted by molar-refractivity contribution is 7.89. The molecule has 2 rings (SSSR count). The van der Waals surface area contributed by atoms with E-state index in [1.165, 1.54) is 22.5 Å². The number of halogens is 1. The first-order valence-corrected chi connectivity index (χ1v) is 9.07. The van der Waals surface area contributed by atoms with E-state index in [2.05, 4.69) is 0 Å². The summed E-state index contributed by atoms with van der Waals surface area (Å²) in [6, 6.07) is 5.00. The van der Waals surface area contributed by atoms with Crippen molar-refractivity contribution in [3.8, 4) is 0 Å². The number of nitrogens with zero attached hydrogens (tertiary/aromatic N) is 2. The molecule has 0 N–H and O–H groups in total. The average Bonchev–Trinajstić information content (AvgIpc) is 2.45. The van der Waals surface area contributed by atoms with E-state index in [9.17, 15) is 17.6 Å². The minimum absolute atomic E-state index is 0.0419. The second-order valence-electron chi connectivity index (χ2n) is 6.98. The van der Waals surface area contributed by atoms with E-state index in [4.69, 9.17) is 0 Å². The molecule has 1 aromatic carbocycles. The van der Waals surface area contributed by atoms with Crippen LogP contribution in [0.4, 0.5) is 4.39 Å². The highest BCUT2D eigenvalue weighted by Gasteiger charge is 2.31. The van der Waals surface area contributed by atoms with Crippen LogP contribution in [0.1, 0.15) is 27.2 Å². The van der Waals surface area contributed by atoms with Crippen LogP contribution in [0, 0.1) is 11.2 Å². The largest absolute Gasteiger partial charge is 0.340 e. The van der Waals surface area contributed by atoms with E-state index in [1.54, 1.807) is 4.90 Å². The third kappa shape index (κ3) is 4.51. The summed E-state index contributed by atoms with van der Waals surface area (Å²) in [6.45, 7) is 7.18. The van der Waals surface area contributed by atoms with E-state index >= 15 is 0 Å². The quantitative estimate of drug-likeness (QED) is 0.845. The van der Waals surface area contributed by atoms with E-state index in [1.807, 2.05) is 20.8 Å². The van der Waals surface area contributed by atoms with Gasteiger partial charge in [0, 0.05) is 32.6 Å². The number of sulfonamides is 1. The van der Waals surface area contributed by atoms with Crippen molar-refractivity contribution in [3.05, 3.63) is 30.1 Å². The molecule has 0 aromatic heterocycles. The summed E-state index contributed by atoms with van der Waals surface area (Å²) in [5.74, 6) is -0.537. The summed E-state index contributed by atoms with van der Waals surface area (Å²) in [4.78, 5) is 13.8. The van der Waals surface area contributed by atoms with E-state index in [0.29, 0.717) is 19.5 Å². The highest BCUT2D eigenvalue weighted by Crippen LogP contribution is 2.22. The molecule has 0 bridgehead atoms. The smallest absolute Gasteiger partial charge is 0.243 e. The van der Waals surface area contributed by atoms with Gasteiger partial charge in [-0.2, -0.15) is 4.31 Å². The zero-order chi connectivity index (χ0) is 17.3. The van der Waals surface area contributed by atoms with Gasteiger partial charge in [0.15, 0.2) is 0 Å². The van der Waals surface area contributed by atoms with Gasteiger partial charge in [0.05, 0.1) is 4.90 Å². The van der Waals surface area contributed by atoms with Crippen molar-refractivity contribution in [3.63, 3.8) is 0 Å². The first-order valence-electron chi connectivity index (χ1n) is 7.63. The maximum Gasteiger partial charge on any atom is 0.243 e. The van der Waals surface area contributed by atoms with Crippen molar-refractivity contribution >= 4 is 15.9 Å². The molecule has 1 amide bonds. The molecule has 0 unspecified atom stereocenters. The van der Waals surface area contributed by atoms with Crippen molar-refractivity contribution in [1.29, 1.82) is 0 Å². The zero-order valence-corrected chi connectivity index (χ0v) is 14.6. The maximum atomic E-state index is 13.3. The van der Waals surface area contributed by atoms with E-state index in [0.717, 1.165) is 6.07 Å². The highest BCUT2D eigenvalue weighted by atomic mass is 32.2. The summed E-state index contributed by atoms with van der Waals surface area (Å²) in [5, 5.41) is 0. The second-order valence-corrected chi connectivity index (χ2v) is 8.92. The van der Waals surface area contributed by atoms with Crippen LogP contribution in [-0.4, -0.2) is 49.7 Å². The monoisotopic (exact) mass is 342 g/mol. The zero-order valence-electron chi connectivity index (χ0n) is 13.8. The van der Waals surface area contributed by atoms with Gasteiger partial charge >= 0.3 is 0 Å². The van der Waals surface area contributed by atoms with Crippen LogP contribution in [0.3, 0.4) is 0 Å². The lowest BCUT2D eigenvalue weighted by atomic mass is 9.91. The number of rotatable bonds is 3. The van der Waals surface area contributed by atoms with E-state index < -0.39 is 15.8 Å². The number of benzene rings is 1. The summed E-state index contributed by atoms with van der Waals surface area (Å²) in [7, 11) is -3.71. The van der Waals surface area contributed by atoms with Crippen LogP contribution in [0.2, 0.25) is 0 Å². The lowest BCUT2D eigenvalue weighted by Crippen LogP contribution is -2.51. The van der Waals surface area contributed by atoms with Gasteiger partial charge in [-0.3, -0.25) is 4.79 Å². The van der Waals surface area contributed by atoms with E-state index in [-0.39, 0.29) is 29.3 Å². The molecule has 1 saturated heterocycles. The predicted molar refractivity (Wildman–Crippen MR) is 85.8 cm³/mol. The molecular formula is C16H23FN2O3S. The van der Waals surface area contributed by atoms with Crippen LogP contribution in [0.25, 0.3) is 0 Å². The molecule has 1 fully saturated rings. The molecule has 0 saturated carbocycles. The van der Waals surface area contributed by atoms with Gasteiger partial charge in [0.2, 0.25) is 15.9 Å². The fourth-order valence-corrected chi connectivity index (χ4v) is 3.97. The first kappa shape index (κ1) is 17.9.